The Morgan fingerprint density at radius 3 is 2.08 bits per heavy atom. The number of hydrogen-bond donors (Lipinski definition) is 2. The summed E-state index contributed by atoms with van der Waals surface area (Å²) in [7, 11) is 0. The molecule has 0 aliphatic rings. The highest BCUT2D eigenvalue weighted by atomic mass is 16.5. The second kappa shape index (κ2) is 8.15. The van der Waals surface area contributed by atoms with E-state index in [1.165, 1.54) is 0 Å². The average molecular weight is 326 g/mol. The van der Waals surface area contributed by atoms with Gasteiger partial charge in [-0.1, -0.05) is 30.3 Å². The Kier molecular flexibility index (Phi) is 5.95. The molecule has 2 aromatic rings. The van der Waals surface area contributed by atoms with Crippen molar-refractivity contribution in [2.45, 2.75) is 32.9 Å². The molecule has 5 heteroatoms. The molecule has 5 nitrogen and oxygen atoms in total. The zero-order chi connectivity index (χ0) is 17.5. The number of amides is 2. The first-order chi connectivity index (χ1) is 11.5. The number of carbonyl (C=O) groups is 2. The summed E-state index contributed by atoms with van der Waals surface area (Å²) in [5.41, 5.74) is 1.48. The summed E-state index contributed by atoms with van der Waals surface area (Å²) in [5.74, 6) is -0.658. The van der Waals surface area contributed by atoms with Gasteiger partial charge in [-0.3, -0.25) is 9.59 Å². The first-order valence-corrected chi connectivity index (χ1v) is 7.89. The van der Waals surface area contributed by atoms with Gasteiger partial charge in [-0.05, 0) is 50.6 Å². The van der Waals surface area contributed by atoms with Crippen molar-refractivity contribution in [2.75, 3.05) is 5.32 Å². The molecule has 2 aromatic carbocycles. The maximum atomic E-state index is 12.0. The van der Waals surface area contributed by atoms with Gasteiger partial charge in [0.2, 0.25) is 0 Å². The van der Waals surface area contributed by atoms with E-state index in [2.05, 4.69) is 10.6 Å². The van der Waals surface area contributed by atoms with Crippen LogP contribution in [0.1, 0.15) is 32.4 Å². The van der Waals surface area contributed by atoms with E-state index in [9.17, 15) is 9.59 Å². The van der Waals surface area contributed by atoms with Crippen LogP contribution in [0.15, 0.2) is 54.6 Å². The van der Waals surface area contributed by atoms with E-state index in [0.29, 0.717) is 11.4 Å². The fraction of sp³-hybridized carbons (Fsp3) is 0.263. The van der Waals surface area contributed by atoms with E-state index in [0.717, 1.165) is 5.56 Å². The van der Waals surface area contributed by atoms with Gasteiger partial charge in [0.15, 0.2) is 0 Å². The molecular formula is C19H22N2O3. The molecule has 0 aromatic heterocycles. The Labute approximate surface area is 142 Å². The number of nitrogens with one attached hydrogen (secondary N) is 2. The van der Waals surface area contributed by atoms with Gasteiger partial charge in [0.1, 0.15) is 5.75 Å². The lowest BCUT2D eigenvalue weighted by Gasteiger charge is -2.14. The lowest BCUT2D eigenvalue weighted by Crippen LogP contribution is -2.36. The number of ether oxygens (including phenoxy) is 1. The highest BCUT2D eigenvalue weighted by Crippen LogP contribution is 2.17. The molecule has 0 aliphatic carbocycles. The topological polar surface area (TPSA) is 67.4 Å². The molecule has 0 bridgehead atoms. The average Bonchev–Trinajstić information content (AvgIpc) is 2.56. The fourth-order valence-electron chi connectivity index (χ4n) is 2.16. The van der Waals surface area contributed by atoms with Crippen molar-refractivity contribution in [1.82, 2.24) is 5.32 Å². The van der Waals surface area contributed by atoms with E-state index in [1.54, 1.807) is 24.3 Å². The summed E-state index contributed by atoms with van der Waals surface area (Å²) in [6.45, 7) is 5.71. The molecule has 0 saturated heterocycles. The zero-order valence-electron chi connectivity index (χ0n) is 14.1. The minimum Gasteiger partial charge on any atom is -0.491 e. The van der Waals surface area contributed by atoms with Gasteiger partial charge in [-0.2, -0.15) is 0 Å². The fourth-order valence-corrected chi connectivity index (χ4v) is 2.16. The summed E-state index contributed by atoms with van der Waals surface area (Å²) < 4.78 is 5.53. The third-order valence-corrected chi connectivity index (χ3v) is 3.34. The third kappa shape index (κ3) is 5.12. The quantitative estimate of drug-likeness (QED) is 0.829. The smallest absolute Gasteiger partial charge is 0.313 e. The first kappa shape index (κ1) is 17.5. The van der Waals surface area contributed by atoms with E-state index < -0.39 is 11.8 Å². The molecule has 0 aliphatic heterocycles. The van der Waals surface area contributed by atoms with Crippen LogP contribution in [0.25, 0.3) is 0 Å². The molecule has 0 radical (unpaired) electrons. The van der Waals surface area contributed by atoms with Gasteiger partial charge in [-0.25, -0.2) is 0 Å². The molecule has 126 valence electrons. The highest BCUT2D eigenvalue weighted by molar-refractivity contribution is 6.39. The summed E-state index contributed by atoms with van der Waals surface area (Å²) in [5, 5.41) is 5.25. The standard InChI is InChI=1S/C19H22N2O3/c1-13(2)24-17-11-9-16(10-12-17)21-19(23)18(22)20-14(3)15-7-5-4-6-8-15/h4-14H,1-3H3,(H,20,22)(H,21,23). The molecule has 1 unspecified atom stereocenters. The number of rotatable bonds is 5. The van der Waals surface area contributed by atoms with Crippen LogP contribution in [-0.4, -0.2) is 17.9 Å². The van der Waals surface area contributed by atoms with Crippen molar-refractivity contribution in [3.05, 3.63) is 60.2 Å². The van der Waals surface area contributed by atoms with Crippen LogP contribution >= 0.6 is 0 Å². The maximum Gasteiger partial charge on any atom is 0.313 e. The van der Waals surface area contributed by atoms with Gasteiger partial charge in [0, 0.05) is 5.69 Å². The van der Waals surface area contributed by atoms with Gasteiger partial charge in [-0.15, -0.1) is 0 Å². The molecule has 2 rings (SSSR count). The van der Waals surface area contributed by atoms with Gasteiger partial charge >= 0.3 is 11.8 Å². The number of carbonyl (C=O) groups excluding carboxylic acids is 2. The molecule has 1 atom stereocenters. The van der Waals surface area contributed by atoms with Crippen molar-refractivity contribution >= 4 is 17.5 Å². The Morgan fingerprint density at radius 2 is 1.50 bits per heavy atom. The van der Waals surface area contributed by atoms with E-state index in [1.807, 2.05) is 51.1 Å². The minimum atomic E-state index is -0.699. The summed E-state index contributed by atoms with van der Waals surface area (Å²) in [6.07, 6.45) is 0.0793. The summed E-state index contributed by atoms with van der Waals surface area (Å²) in [4.78, 5) is 24.0. The second-order valence-electron chi connectivity index (χ2n) is 5.75. The van der Waals surface area contributed by atoms with Crippen LogP contribution < -0.4 is 15.4 Å². The largest absolute Gasteiger partial charge is 0.491 e. The number of anilines is 1. The predicted octanol–water partition coefficient (Wildman–Crippen LogP) is 3.29. The van der Waals surface area contributed by atoms with Crippen molar-refractivity contribution < 1.29 is 14.3 Å². The molecule has 2 amide bonds. The highest BCUT2D eigenvalue weighted by Gasteiger charge is 2.17. The van der Waals surface area contributed by atoms with Crippen LogP contribution in [0.5, 0.6) is 5.75 Å². The van der Waals surface area contributed by atoms with Crippen molar-refractivity contribution in [3.8, 4) is 5.75 Å². The lowest BCUT2D eigenvalue weighted by molar-refractivity contribution is -0.136. The molecule has 0 fully saturated rings. The van der Waals surface area contributed by atoms with E-state index in [-0.39, 0.29) is 12.1 Å². The molecule has 0 heterocycles. The first-order valence-electron chi connectivity index (χ1n) is 7.89. The van der Waals surface area contributed by atoms with E-state index >= 15 is 0 Å². The Balaban J connectivity index is 1.90. The van der Waals surface area contributed by atoms with Crippen molar-refractivity contribution in [1.29, 1.82) is 0 Å². The van der Waals surface area contributed by atoms with E-state index in [4.69, 9.17) is 4.74 Å². The predicted molar refractivity (Wildman–Crippen MR) is 93.8 cm³/mol. The molecule has 24 heavy (non-hydrogen) atoms. The molecule has 0 spiro atoms. The van der Waals surface area contributed by atoms with Gasteiger partial charge in [0.05, 0.1) is 12.1 Å². The summed E-state index contributed by atoms with van der Waals surface area (Å²) in [6, 6.07) is 16.1. The van der Waals surface area contributed by atoms with Gasteiger partial charge < -0.3 is 15.4 Å². The Morgan fingerprint density at radius 1 is 0.875 bits per heavy atom. The number of hydrogen-bond acceptors (Lipinski definition) is 3. The lowest BCUT2D eigenvalue weighted by atomic mass is 10.1. The van der Waals surface area contributed by atoms with Crippen LogP contribution in [-0.2, 0) is 9.59 Å². The normalized spacial score (nSPS) is 11.7. The number of benzene rings is 2. The molecule has 0 saturated carbocycles. The van der Waals surface area contributed by atoms with Gasteiger partial charge in [0.25, 0.3) is 0 Å². The van der Waals surface area contributed by atoms with Crippen LogP contribution in [0.4, 0.5) is 5.69 Å². The van der Waals surface area contributed by atoms with Crippen LogP contribution in [0.2, 0.25) is 0 Å². The Bertz CT molecular complexity index is 682. The minimum absolute atomic E-state index is 0.0793. The molecule has 2 N–H and O–H groups in total. The SMILES string of the molecule is CC(C)Oc1ccc(NC(=O)C(=O)NC(C)c2ccccc2)cc1. The van der Waals surface area contributed by atoms with Crippen LogP contribution in [0, 0.1) is 0 Å². The van der Waals surface area contributed by atoms with Crippen LogP contribution in [0.3, 0.4) is 0 Å². The monoisotopic (exact) mass is 326 g/mol. The molecular weight excluding hydrogens is 304 g/mol. The maximum absolute atomic E-state index is 12.0. The third-order valence-electron chi connectivity index (χ3n) is 3.34. The van der Waals surface area contributed by atoms with Crippen molar-refractivity contribution in [3.63, 3.8) is 0 Å². The van der Waals surface area contributed by atoms with Crippen molar-refractivity contribution in [2.24, 2.45) is 0 Å². The Hall–Kier alpha value is -2.82. The zero-order valence-corrected chi connectivity index (χ0v) is 14.1. The summed E-state index contributed by atoms with van der Waals surface area (Å²) >= 11 is 0. The second-order valence-corrected chi connectivity index (χ2v) is 5.75.